The summed E-state index contributed by atoms with van der Waals surface area (Å²) in [5, 5.41) is 2.89. The van der Waals surface area contributed by atoms with Gasteiger partial charge in [-0.25, -0.2) is 0 Å². The molecule has 104 valence electrons. The maximum absolute atomic E-state index is 12.3. The molecule has 0 radical (unpaired) electrons. The van der Waals surface area contributed by atoms with Crippen molar-refractivity contribution in [3.8, 4) is 0 Å². The van der Waals surface area contributed by atoms with Gasteiger partial charge in [-0.05, 0) is 52.3 Å². The zero-order valence-electron chi connectivity index (χ0n) is 11.2. The lowest BCUT2D eigenvalue weighted by Crippen LogP contribution is -2.14. The Hall–Kier alpha value is -1.33. The maximum Gasteiger partial charge on any atom is 0.255 e. The second kappa shape index (κ2) is 6.41. The predicted molar refractivity (Wildman–Crippen MR) is 90.6 cm³/mol. The normalized spacial score (nSPS) is 10.2. The third kappa shape index (κ3) is 3.61. The highest BCUT2D eigenvalue weighted by Gasteiger charge is 2.09. The minimum atomic E-state index is -0.128. The van der Waals surface area contributed by atoms with E-state index in [1.54, 1.807) is 6.07 Å². The van der Waals surface area contributed by atoms with E-state index in [2.05, 4.69) is 37.2 Å². The zero-order valence-corrected chi connectivity index (χ0v) is 14.3. The van der Waals surface area contributed by atoms with Crippen molar-refractivity contribution >= 4 is 49.1 Å². The first-order valence-electron chi connectivity index (χ1n) is 6.01. The molecule has 0 atom stereocenters. The van der Waals surface area contributed by atoms with Crippen LogP contribution in [0.3, 0.4) is 0 Å². The summed E-state index contributed by atoms with van der Waals surface area (Å²) in [5.74, 6) is -0.128. The summed E-state index contributed by atoms with van der Waals surface area (Å²) in [6.45, 7) is 0. The third-order valence-electron chi connectivity index (χ3n) is 2.80. The Balaban J connectivity index is 2.21. The Bertz CT molecular complexity index is 642. The van der Waals surface area contributed by atoms with Crippen LogP contribution in [-0.2, 0) is 0 Å². The van der Waals surface area contributed by atoms with Crippen LogP contribution in [0.1, 0.15) is 10.4 Å². The van der Waals surface area contributed by atoms with Crippen LogP contribution in [0.15, 0.2) is 51.4 Å². The van der Waals surface area contributed by atoms with E-state index >= 15 is 0 Å². The number of benzene rings is 2. The lowest BCUT2D eigenvalue weighted by molar-refractivity contribution is 0.102. The van der Waals surface area contributed by atoms with E-state index in [-0.39, 0.29) is 5.91 Å². The van der Waals surface area contributed by atoms with Crippen LogP contribution in [0.25, 0.3) is 0 Å². The fraction of sp³-hybridized carbons (Fsp3) is 0.133. The SMILES string of the molecule is CN(C)c1cccc(C(=O)Nc2ccc(Br)cc2Br)c1. The second-order valence-corrected chi connectivity index (χ2v) is 6.29. The Kier molecular flexibility index (Phi) is 4.83. The van der Waals surface area contributed by atoms with Crippen molar-refractivity contribution < 1.29 is 4.79 Å². The molecule has 5 heteroatoms. The molecule has 0 spiro atoms. The number of anilines is 2. The van der Waals surface area contributed by atoms with Gasteiger partial charge in [0.15, 0.2) is 0 Å². The van der Waals surface area contributed by atoms with Gasteiger partial charge in [0.05, 0.1) is 5.69 Å². The molecule has 0 aromatic heterocycles. The van der Waals surface area contributed by atoms with Gasteiger partial charge in [-0.2, -0.15) is 0 Å². The number of carbonyl (C=O) groups is 1. The highest BCUT2D eigenvalue weighted by Crippen LogP contribution is 2.26. The molecule has 0 unspecified atom stereocenters. The van der Waals surface area contributed by atoms with Crippen molar-refractivity contribution in [3.05, 3.63) is 57.0 Å². The molecular formula is C15H14Br2N2O. The van der Waals surface area contributed by atoms with Crippen LogP contribution in [-0.4, -0.2) is 20.0 Å². The molecule has 0 saturated carbocycles. The van der Waals surface area contributed by atoms with E-state index < -0.39 is 0 Å². The molecule has 0 bridgehead atoms. The molecule has 1 amide bonds. The fourth-order valence-electron chi connectivity index (χ4n) is 1.71. The number of nitrogens with one attached hydrogen (secondary N) is 1. The van der Waals surface area contributed by atoms with Crippen LogP contribution in [0.2, 0.25) is 0 Å². The molecule has 20 heavy (non-hydrogen) atoms. The van der Waals surface area contributed by atoms with Gasteiger partial charge in [0.1, 0.15) is 0 Å². The first-order chi connectivity index (χ1) is 9.47. The van der Waals surface area contributed by atoms with Gasteiger partial charge in [0.25, 0.3) is 5.91 Å². The molecule has 1 N–H and O–H groups in total. The largest absolute Gasteiger partial charge is 0.378 e. The summed E-state index contributed by atoms with van der Waals surface area (Å²) in [7, 11) is 3.89. The van der Waals surface area contributed by atoms with Crippen LogP contribution in [0.5, 0.6) is 0 Å². The molecule has 0 aliphatic carbocycles. The number of carbonyl (C=O) groups excluding carboxylic acids is 1. The number of hydrogen-bond donors (Lipinski definition) is 1. The molecule has 2 aromatic carbocycles. The molecule has 2 rings (SSSR count). The standard InChI is InChI=1S/C15H14Br2N2O/c1-19(2)12-5-3-4-10(8-12)15(20)18-14-7-6-11(16)9-13(14)17/h3-9H,1-2H3,(H,18,20). The zero-order chi connectivity index (χ0) is 14.7. The smallest absolute Gasteiger partial charge is 0.255 e. The monoisotopic (exact) mass is 396 g/mol. The summed E-state index contributed by atoms with van der Waals surface area (Å²) in [6.07, 6.45) is 0. The highest BCUT2D eigenvalue weighted by atomic mass is 79.9. The van der Waals surface area contributed by atoms with E-state index in [1.807, 2.05) is 55.4 Å². The van der Waals surface area contributed by atoms with Gasteiger partial charge in [-0.1, -0.05) is 22.0 Å². The minimum Gasteiger partial charge on any atom is -0.378 e. The first kappa shape index (κ1) is 15.1. The van der Waals surface area contributed by atoms with Gasteiger partial charge in [-0.3, -0.25) is 4.79 Å². The van der Waals surface area contributed by atoms with Crippen molar-refractivity contribution in [3.63, 3.8) is 0 Å². The first-order valence-corrected chi connectivity index (χ1v) is 7.60. The van der Waals surface area contributed by atoms with Crippen molar-refractivity contribution in [2.45, 2.75) is 0 Å². The predicted octanol–water partition coefficient (Wildman–Crippen LogP) is 4.53. The number of hydrogen-bond acceptors (Lipinski definition) is 2. The lowest BCUT2D eigenvalue weighted by atomic mass is 10.1. The Morgan fingerprint density at radius 2 is 1.85 bits per heavy atom. The molecule has 0 fully saturated rings. The molecular weight excluding hydrogens is 384 g/mol. The van der Waals surface area contributed by atoms with E-state index in [1.165, 1.54) is 0 Å². The van der Waals surface area contributed by atoms with E-state index in [0.29, 0.717) is 5.56 Å². The summed E-state index contributed by atoms with van der Waals surface area (Å²) in [6, 6.07) is 13.1. The Morgan fingerprint density at radius 3 is 2.50 bits per heavy atom. The minimum absolute atomic E-state index is 0.128. The number of halogens is 2. The fourth-order valence-corrected chi connectivity index (χ4v) is 2.86. The summed E-state index contributed by atoms with van der Waals surface area (Å²) >= 11 is 6.82. The Labute approximate surface area is 135 Å². The van der Waals surface area contributed by atoms with Gasteiger partial charge in [0, 0.05) is 34.3 Å². The molecule has 0 aliphatic rings. The highest BCUT2D eigenvalue weighted by molar-refractivity contribution is 9.11. The quantitative estimate of drug-likeness (QED) is 0.825. The summed E-state index contributed by atoms with van der Waals surface area (Å²) < 4.78 is 1.79. The van der Waals surface area contributed by atoms with Gasteiger partial charge in [-0.15, -0.1) is 0 Å². The van der Waals surface area contributed by atoms with Crippen LogP contribution in [0.4, 0.5) is 11.4 Å². The average Bonchev–Trinajstić information content (AvgIpc) is 2.42. The number of rotatable bonds is 3. The van der Waals surface area contributed by atoms with Crippen molar-refractivity contribution in [1.82, 2.24) is 0 Å². The molecule has 2 aromatic rings. The van der Waals surface area contributed by atoms with E-state index in [9.17, 15) is 4.79 Å². The number of amides is 1. The van der Waals surface area contributed by atoms with Crippen molar-refractivity contribution in [2.24, 2.45) is 0 Å². The van der Waals surface area contributed by atoms with Crippen LogP contribution < -0.4 is 10.2 Å². The molecule has 0 aliphatic heterocycles. The molecule has 0 saturated heterocycles. The average molecular weight is 398 g/mol. The van der Waals surface area contributed by atoms with Gasteiger partial charge in [0.2, 0.25) is 0 Å². The van der Waals surface area contributed by atoms with Gasteiger partial charge >= 0.3 is 0 Å². The summed E-state index contributed by atoms with van der Waals surface area (Å²) in [5.41, 5.74) is 2.37. The van der Waals surface area contributed by atoms with Crippen molar-refractivity contribution in [1.29, 1.82) is 0 Å². The van der Waals surface area contributed by atoms with E-state index in [4.69, 9.17) is 0 Å². The lowest BCUT2D eigenvalue weighted by Gasteiger charge is -2.14. The molecule has 3 nitrogen and oxygen atoms in total. The van der Waals surface area contributed by atoms with E-state index in [0.717, 1.165) is 20.3 Å². The number of nitrogens with zero attached hydrogens (tertiary/aromatic N) is 1. The maximum atomic E-state index is 12.3. The topological polar surface area (TPSA) is 32.3 Å². The third-order valence-corrected chi connectivity index (χ3v) is 3.95. The summed E-state index contributed by atoms with van der Waals surface area (Å²) in [4.78, 5) is 14.2. The second-order valence-electron chi connectivity index (χ2n) is 4.52. The van der Waals surface area contributed by atoms with Crippen LogP contribution in [0, 0.1) is 0 Å². The van der Waals surface area contributed by atoms with Crippen molar-refractivity contribution in [2.75, 3.05) is 24.3 Å². The Morgan fingerprint density at radius 1 is 1.10 bits per heavy atom. The van der Waals surface area contributed by atoms with Gasteiger partial charge < -0.3 is 10.2 Å². The molecule has 0 heterocycles. The van der Waals surface area contributed by atoms with Crippen LogP contribution >= 0.6 is 31.9 Å².